The first-order chi connectivity index (χ1) is 5.88. The second-order valence-corrected chi connectivity index (χ2v) is 3.91. The number of hydrogen-bond donors (Lipinski definition) is 0. The average molecular weight is 167 g/mol. The van der Waals surface area contributed by atoms with Gasteiger partial charge in [0.05, 0.1) is 0 Å². The van der Waals surface area contributed by atoms with E-state index in [2.05, 4.69) is 13.2 Å². The van der Waals surface area contributed by atoms with E-state index in [1.807, 2.05) is 0 Å². The minimum Gasteiger partial charge on any atom is -0.291 e. The third kappa shape index (κ3) is 2.62. The topological polar surface area (TPSA) is 17.1 Å². The van der Waals surface area contributed by atoms with Crippen molar-refractivity contribution in [2.45, 2.75) is 51.9 Å². The lowest BCUT2D eigenvalue weighted by molar-refractivity contribution is 0.281. The number of carbonyl (C=O) groups excluding carboxylic acids is 1. The van der Waals surface area contributed by atoms with E-state index in [0.717, 1.165) is 12.8 Å². The van der Waals surface area contributed by atoms with Crippen molar-refractivity contribution in [2.24, 2.45) is 11.8 Å². The Morgan fingerprint density at radius 3 is 2.50 bits per heavy atom. The summed E-state index contributed by atoms with van der Waals surface area (Å²) >= 11 is 0. The Balaban J connectivity index is 2.34. The van der Waals surface area contributed by atoms with Gasteiger partial charge in [0.25, 0.3) is 0 Å². The summed E-state index contributed by atoms with van der Waals surface area (Å²) in [6, 6.07) is 0. The Kier molecular flexibility index (Phi) is 4.34. The molecule has 1 atom stereocenters. The zero-order valence-electron chi connectivity index (χ0n) is 8.01. The molecule has 1 unspecified atom stereocenters. The SMILES string of the molecule is CCCC([C]=O)C1CCCCC1. The minimum atomic E-state index is 0.246. The molecule has 0 spiro atoms. The molecule has 1 fully saturated rings. The average Bonchev–Trinajstić information content (AvgIpc) is 2.15. The van der Waals surface area contributed by atoms with Crippen LogP contribution in [0.15, 0.2) is 0 Å². The molecule has 0 saturated heterocycles. The molecule has 0 heterocycles. The Labute approximate surface area is 75.5 Å². The summed E-state index contributed by atoms with van der Waals surface area (Å²) in [5.41, 5.74) is 0. The van der Waals surface area contributed by atoms with Gasteiger partial charge in [-0.3, -0.25) is 4.79 Å². The van der Waals surface area contributed by atoms with Crippen LogP contribution in [0.4, 0.5) is 0 Å². The quantitative estimate of drug-likeness (QED) is 0.628. The van der Waals surface area contributed by atoms with Crippen molar-refractivity contribution >= 4 is 6.29 Å². The van der Waals surface area contributed by atoms with Crippen LogP contribution in [0.5, 0.6) is 0 Å². The molecule has 0 bridgehead atoms. The van der Waals surface area contributed by atoms with Crippen LogP contribution in [0.1, 0.15) is 51.9 Å². The van der Waals surface area contributed by atoms with E-state index in [1.165, 1.54) is 32.1 Å². The Morgan fingerprint density at radius 1 is 1.33 bits per heavy atom. The maximum absolute atomic E-state index is 10.7. The monoisotopic (exact) mass is 167 g/mol. The van der Waals surface area contributed by atoms with E-state index < -0.39 is 0 Å². The molecule has 0 aliphatic heterocycles. The van der Waals surface area contributed by atoms with Crippen LogP contribution >= 0.6 is 0 Å². The largest absolute Gasteiger partial charge is 0.291 e. The molecule has 1 heteroatoms. The fourth-order valence-corrected chi connectivity index (χ4v) is 2.24. The molecule has 69 valence electrons. The van der Waals surface area contributed by atoms with Crippen LogP contribution in [0, 0.1) is 11.8 Å². The second kappa shape index (κ2) is 5.34. The van der Waals surface area contributed by atoms with Crippen molar-refractivity contribution in [1.29, 1.82) is 0 Å². The van der Waals surface area contributed by atoms with Gasteiger partial charge in [-0.15, -0.1) is 0 Å². The van der Waals surface area contributed by atoms with Gasteiger partial charge in [-0.1, -0.05) is 32.6 Å². The molecule has 1 aliphatic rings. The lowest BCUT2D eigenvalue weighted by Gasteiger charge is -2.25. The zero-order chi connectivity index (χ0) is 8.81. The lowest BCUT2D eigenvalue weighted by Crippen LogP contribution is -2.18. The molecule has 12 heavy (non-hydrogen) atoms. The maximum Gasteiger partial charge on any atom is 0.202 e. The first-order valence-electron chi connectivity index (χ1n) is 5.26. The fraction of sp³-hybridized carbons (Fsp3) is 0.909. The van der Waals surface area contributed by atoms with E-state index in [4.69, 9.17) is 0 Å². The summed E-state index contributed by atoms with van der Waals surface area (Å²) in [7, 11) is 0. The van der Waals surface area contributed by atoms with E-state index in [1.54, 1.807) is 0 Å². The molecular formula is C11H19O. The van der Waals surface area contributed by atoms with Crippen LogP contribution in [0.3, 0.4) is 0 Å². The van der Waals surface area contributed by atoms with Gasteiger partial charge in [0.2, 0.25) is 6.29 Å². The molecule has 1 nitrogen and oxygen atoms in total. The number of rotatable bonds is 4. The molecule has 0 amide bonds. The van der Waals surface area contributed by atoms with Gasteiger partial charge in [0.1, 0.15) is 0 Å². The molecule has 1 aliphatic carbocycles. The predicted molar refractivity (Wildman–Crippen MR) is 50.7 cm³/mol. The summed E-state index contributed by atoms with van der Waals surface area (Å²) < 4.78 is 0. The normalized spacial score (nSPS) is 22.1. The lowest BCUT2D eigenvalue weighted by atomic mass is 9.79. The van der Waals surface area contributed by atoms with Crippen molar-refractivity contribution in [2.75, 3.05) is 0 Å². The Bertz CT molecular complexity index is 125. The van der Waals surface area contributed by atoms with Gasteiger partial charge in [-0.05, 0) is 25.2 Å². The van der Waals surface area contributed by atoms with Gasteiger partial charge in [0, 0.05) is 5.92 Å². The third-order valence-electron chi connectivity index (χ3n) is 2.97. The summed E-state index contributed by atoms with van der Waals surface area (Å²) in [4.78, 5) is 10.7. The predicted octanol–water partition coefficient (Wildman–Crippen LogP) is 3.09. The summed E-state index contributed by atoms with van der Waals surface area (Å²) in [5.74, 6) is 0.909. The Morgan fingerprint density at radius 2 is 2.00 bits per heavy atom. The minimum absolute atomic E-state index is 0.246. The Hall–Kier alpha value is -0.330. The molecule has 0 aromatic carbocycles. The highest BCUT2D eigenvalue weighted by Gasteiger charge is 2.22. The molecule has 0 aromatic heterocycles. The first-order valence-corrected chi connectivity index (χ1v) is 5.26. The van der Waals surface area contributed by atoms with Crippen LogP contribution in [0.2, 0.25) is 0 Å². The molecular weight excluding hydrogens is 148 g/mol. The van der Waals surface area contributed by atoms with Crippen molar-refractivity contribution < 1.29 is 4.79 Å². The van der Waals surface area contributed by atoms with Crippen molar-refractivity contribution in [3.05, 3.63) is 0 Å². The third-order valence-corrected chi connectivity index (χ3v) is 2.97. The van der Waals surface area contributed by atoms with Crippen molar-refractivity contribution in [3.8, 4) is 0 Å². The van der Waals surface area contributed by atoms with Crippen LogP contribution in [-0.4, -0.2) is 6.29 Å². The highest BCUT2D eigenvalue weighted by Crippen LogP contribution is 2.31. The summed E-state index contributed by atoms with van der Waals surface area (Å²) in [5, 5.41) is 0. The van der Waals surface area contributed by atoms with Crippen LogP contribution < -0.4 is 0 Å². The van der Waals surface area contributed by atoms with E-state index >= 15 is 0 Å². The summed E-state index contributed by atoms with van der Waals surface area (Å²) in [6.45, 7) is 2.15. The molecule has 1 saturated carbocycles. The van der Waals surface area contributed by atoms with Gasteiger partial charge in [0.15, 0.2) is 0 Å². The highest BCUT2D eigenvalue weighted by molar-refractivity contribution is 5.54. The number of hydrogen-bond acceptors (Lipinski definition) is 1. The van der Waals surface area contributed by atoms with Gasteiger partial charge in [-0.25, -0.2) is 0 Å². The second-order valence-electron chi connectivity index (χ2n) is 3.91. The van der Waals surface area contributed by atoms with Crippen LogP contribution in [0.25, 0.3) is 0 Å². The van der Waals surface area contributed by atoms with Gasteiger partial charge >= 0.3 is 0 Å². The van der Waals surface area contributed by atoms with Gasteiger partial charge < -0.3 is 0 Å². The van der Waals surface area contributed by atoms with E-state index in [-0.39, 0.29) is 5.92 Å². The molecule has 0 N–H and O–H groups in total. The van der Waals surface area contributed by atoms with Crippen molar-refractivity contribution in [1.82, 2.24) is 0 Å². The van der Waals surface area contributed by atoms with E-state index in [0.29, 0.717) is 5.92 Å². The smallest absolute Gasteiger partial charge is 0.202 e. The molecule has 1 radical (unpaired) electrons. The first kappa shape index (κ1) is 9.76. The van der Waals surface area contributed by atoms with Crippen LogP contribution in [-0.2, 0) is 4.79 Å². The zero-order valence-corrected chi connectivity index (χ0v) is 8.01. The fourth-order valence-electron chi connectivity index (χ4n) is 2.24. The summed E-state index contributed by atoms with van der Waals surface area (Å²) in [6.07, 6.45) is 10.9. The van der Waals surface area contributed by atoms with E-state index in [9.17, 15) is 4.79 Å². The molecule has 1 rings (SSSR count). The molecule has 0 aromatic rings. The van der Waals surface area contributed by atoms with Gasteiger partial charge in [-0.2, -0.15) is 0 Å². The maximum atomic E-state index is 10.7. The van der Waals surface area contributed by atoms with Crippen molar-refractivity contribution in [3.63, 3.8) is 0 Å². The standard InChI is InChI=1S/C11H19O/c1-2-6-11(9-12)10-7-4-3-5-8-10/h10-11H,2-8H2,1H3. The highest BCUT2D eigenvalue weighted by atomic mass is 16.1.